The molecule has 0 saturated carbocycles. The van der Waals surface area contributed by atoms with Gasteiger partial charge in [-0.15, -0.1) is 11.3 Å². The van der Waals surface area contributed by atoms with Gasteiger partial charge in [0, 0.05) is 16.9 Å². The van der Waals surface area contributed by atoms with Crippen molar-refractivity contribution in [1.29, 1.82) is 0 Å². The first kappa shape index (κ1) is 11.1. The predicted octanol–water partition coefficient (Wildman–Crippen LogP) is 4.22. The van der Waals surface area contributed by atoms with Crippen molar-refractivity contribution in [3.8, 4) is 5.75 Å². The van der Waals surface area contributed by atoms with E-state index in [9.17, 15) is 5.11 Å². The Balaban J connectivity index is 1.74. The maximum atomic E-state index is 9.22. The van der Waals surface area contributed by atoms with Crippen LogP contribution in [-0.2, 0) is 6.54 Å². The Kier molecular flexibility index (Phi) is 2.90. The van der Waals surface area contributed by atoms with Gasteiger partial charge in [-0.25, -0.2) is 0 Å². The zero-order valence-electron chi connectivity index (χ0n) is 9.76. The van der Waals surface area contributed by atoms with Gasteiger partial charge in [-0.2, -0.15) is 0 Å². The van der Waals surface area contributed by atoms with Crippen molar-refractivity contribution in [3.05, 3.63) is 59.5 Å². The number of fused-ring (bicyclic) bond motifs is 1. The zero-order chi connectivity index (χ0) is 12.4. The molecule has 90 valence electrons. The molecule has 0 aliphatic carbocycles. The molecule has 0 saturated heterocycles. The summed E-state index contributed by atoms with van der Waals surface area (Å²) in [5, 5.41) is 16.0. The third kappa shape index (κ3) is 2.31. The Bertz CT molecular complexity index is 658. The Morgan fingerprint density at radius 2 is 1.83 bits per heavy atom. The monoisotopic (exact) mass is 255 g/mol. The highest BCUT2D eigenvalue weighted by Gasteiger charge is 1.98. The maximum absolute atomic E-state index is 9.22. The van der Waals surface area contributed by atoms with Crippen LogP contribution in [0, 0.1) is 0 Å². The lowest BCUT2D eigenvalue weighted by Crippen LogP contribution is -1.98. The Hall–Kier alpha value is -2.00. The van der Waals surface area contributed by atoms with Crippen molar-refractivity contribution >= 4 is 27.1 Å². The fraction of sp³-hybridized carbons (Fsp3) is 0.0667. The van der Waals surface area contributed by atoms with Crippen LogP contribution in [0.1, 0.15) is 5.56 Å². The molecule has 2 nitrogen and oxygen atoms in total. The molecule has 0 unspecified atom stereocenters. The van der Waals surface area contributed by atoms with E-state index >= 15 is 0 Å². The van der Waals surface area contributed by atoms with Crippen molar-refractivity contribution in [3.63, 3.8) is 0 Å². The first-order valence-corrected chi connectivity index (χ1v) is 6.68. The van der Waals surface area contributed by atoms with Gasteiger partial charge in [-0.05, 0) is 52.7 Å². The van der Waals surface area contributed by atoms with Crippen molar-refractivity contribution in [2.45, 2.75) is 6.54 Å². The smallest absolute Gasteiger partial charge is 0.115 e. The van der Waals surface area contributed by atoms with E-state index in [0.29, 0.717) is 5.75 Å². The molecule has 0 spiro atoms. The SMILES string of the molecule is Oc1ccc(CNc2ccc3sccc3c2)cc1. The second-order valence-electron chi connectivity index (χ2n) is 4.19. The topological polar surface area (TPSA) is 32.3 Å². The minimum absolute atomic E-state index is 0.304. The number of rotatable bonds is 3. The molecule has 18 heavy (non-hydrogen) atoms. The van der Waals surface area contributed by atoms with E-state index in [1.807, 2.05) is 12.1 Å². The van der Waals surface area contributed by atoms with E-state index in [0.717, 1.165) is 17.8 Å². The van der Waals surface area contributed by atoms with E-state index < -0.39 is 0 Å². The van der Waals surface area contributed by atoms with Gasteiger partial charge in [-0.1, -0.05) is 12.1 Å². The third-order valence-electron chi connectivity index (χ3n) is 2.89. The lowest BCUT2D eigenvalue weighted by atomic mass is 10.2. The number of thiophene rings is 1. The number of phenolic OH excluding ortho intramolecular Hbond substituents is 1. The molecule has 1 aromatic heterocycles. The largest absolute Gasteiger partial charge is 0.508 e. The third-order valence-corrected chi connectivity index (χ3v) is 3.78. The van der Waals surface area contributed by atoms with Gasteiger partial charge < -0.3 is 10.4 Å². The fourth-order valence-electron chi connectivity index (χ4n) is 1.89. The van der Waals surface area contributed by atoms with Crippen LogP contribution in [0.3, 0.4) is 0 Å². The standard InChI is InChI=1S/C15H13NOS/c17-14-4-1-11(2-5-14)10-16-13-3-6-15-12(9-13)7-8-18-15/h1-9,16-17H,10H2. The molecule has 2 N–H and O–H groups in total. The first-order chi connectivity index (χ1) is 8.81. The molecule has 1 heterocycles. The summed E-state index contributed by atoms with van der Waals surface area (Å²) in [5.74, 6) is 0.304. The molecule has 0 atom stereocenters. The number of nitrogens with one attached hydrogen (secondary N) is 1. The number of phenols is 1. The van der Waals surface area contributed by atoms with Crippen LogP contribution in [0.2, 0.25) is 0 Å². The Morgan fingerprint density at radius 1 is 1.00 bits per heavy atom. The number of benzene rings is 2. The highest BCUT2D eigenvalue weighted by Crippen LogP contribution is 2.24. The summed E-state index contributed by atoms with van der Waals surface area (Å²) in [6.45, 7) is 0.760. The van der Waals surface area contributed by atoms with Crippen LogP contribution >= 0.6 is 11.3 Å². The average molecular weight is 255 g/mol. The summed E-state index contributed by atoms with van der Waals surface area (Å²) in [7, 11) is 0. The number of aromatic hydroxyl groups is 1. The molecular weight excluding hydrogens is 242 g/mol. The van der Waals surface area contributed by atoms with Gasteiger partial charge in [-0.3, -0.25) is 0 Å². The van der Waals surface area contributed by atoms with Gasteiger partial charge in [0.05, 0.1) is 0 Å². The average Bonchev–Trinajstić information content (AvgIpc) is 2.85. The van der Waals surface area contributed by atoms with E-state index in [1.165, 1.54) is 10.1 Å². The lowest BCUT2D eigenvalue weighted by Gasteiger charge is -2.06. The maximum Gasteiger partial charge on any atom is 0.115 e. The minimum Gasteiger partial charge on any atom is -0.508 e. The van der Waals surface area contributed by atoms with Crippen LogP contribution in [0.4, 0.5) is 5.69 Å². The van der Waals surface area contributed by atoms with Crippen molar-refractivity contribution in [2.24, 2.45) is 0 Å². The normalized spacial score (nSPS) is 10.7. The van der Waals surface area contributed by atoms with Crippen LogP contribution in [0.5, 0.6) is 5.75 Å². The second kappa shape index (κ2) is 4.70. The van der Waals surface area contributed by atoms with Gasteiger partial charge in [0.2, 0.25) is 0 Å². The lowest BCUT2D eigenvalue weighted by molar-refractivity contribution is 0.475. The zero-order valence-corrected chi connectivity index (χ0v) is 10.6. The van der Waals surface area contributed by atoms with Gasteiger partial charge in [0.25, 0.3) is 0 Å². The minimum atomic E-state index is 0.304. The van der Waals surface area contributed by atoms with Crippen LogP contribution < -0.4 is 5.32 Å². The molecule has 0 radical (unpaired) electrons. The molecule has 3 heteroatoms. The number of hydrogen-bond acceptors (Lipinski definition) is 3. The summed E-state index contributed by atoms with van der Waals surface area (Å²) >= 11 is 1.76. The van der Waals surface area contributed by atoms with Crippen LogP contribution in [-0.4, -0.2) is 5.11 Å². The van der Waals surface area contributed by atoms with E-state index in [4.69, 9.17) is 0 Å². The first-order valence-electron chi connectivity index (χ1n) is 5.80. The molecule has 3 aromatic rings. The Morgan fingerprint density at radius 3 is 2.67 bits per heavy atom. The highest BCUT2D eigenvalue weighted by molar-refractivity contribution is 7.17. The van der Waals surface area contributed by atoms with E-state index in [1.54, 1.807) is 23.5 Å². The summed E-state index contributed by atoms with van der Waals surface area (Å²) in [6.07, 6.45) is 0. The molecule has 0 aliphatic rings. The highest BCUT2D eigenvalue weighted by atomic mass is 32.1. The van der Waals surface area contributed by atoms with Gasteiger partial charge >= 0.3 is 0 Å². The van der Waals surface area contributed by atoms with E-state index in [-0.39, 0.29) is 0 Å². The van der Waals surface area contributed by atoms with Crippen molar-refractivity contribution in [1.82, 2.24) is 0 Å². The van der Waals surface area contributed by atoms with Crippen LogP contribution in [0.15, 0.2) is 53.9 Å². The van der Waals surface area contributed by atoms with Crippen LogP contribution in [0.25, 0.3) is 10.1 Å². The quantitative estimate of drug-likeness (QED) is 0.734. The predicted molar refractivity (Wildman–Crippen MR) is 77.3 cm³/mol. The van der Waals surface area contributed by atoms with Crippen molar-refractivity contribution < 1.29 is 5.11 Å². The summed E-state index contributed by atoms with van der Waals surface area (Å²) < 4.78 is 1.31. The molecule has 0 fully saturated rings. The second-order valence-corrected chi connectivity index (χ2v) is 5.14. The fourth-order valence-corrected chi connectivity index (χ4v) is 2.67. The summed E-state index contributed by atoms with van der Waals surface area (Å²) in [6, 6.07) is 15.8. The Labute approximate surface area is 110 Å². The van der Waals surface area contributed by atoms with E-state index in [2.05, 4.69) is 35.0 Å². The summed E-state index contributed by atoms with van der Waals surface area (Å²) in [5.41, 5.74) is 2.27. The number of anilines is 1. The molecule has 0 bridgehead atoms. The number of hydrogen-bond donors (Lipinski definition) is 2. The molecule has 0 amide bonds. The summed E-state index contributed by atoms with van der Waals surface area (Å²) in [4.78, 5) is 0. The van der Waals surface area contributed by atoms with Crippen molar-refractivity contribution in [2.75, 3.05) is 5.32 Å². The molecule has 3 rings (SSSR count). The molecule has 2 aromatic carbocycles. The van der Waals surface area contributed by atoms with Gasteiger partial charge in [0.15, 0.2) is 0 Å². The van der Waals surface area contributed by atoms with Gasteiger partial charge in [0.1, 0.15) is 5.75 Å². The molecular formula is C15H13NOS. The molecule has 0 aliphatic heterocycles.